The Morgan fingerprint density at radius 1 is 1.24 bits per heavy atom. The zero-order valence-electron chi connectivity index (χ0n) is 16.5. The molecule has 2 aromatic rings. The van der Waals surface area contributed by atoms with Gasteiger partial charge in [0.1, 0.15) is 28.5 Å². The lowest BCUT2D eigenvalue weighted by atomic mass is 9.96. The van der Waals surface area contributed by atoms with Gasteiger partial charge in [-0.05, 0) is 61.4 Å². The van der Waals surface area contributed by atoms with E-state index in [4.69, 9.17) is 4.74 Å². The first-order valence-corrected chi connectivity index (χ1v) is 10.7. The van der Waals surface area contributed by atoms with Crippen LogP contribution in [0.15, 0.2) is 29.8 Å². The largest absolute Gasteiger partial charge is 0.494 e. The fourth-order valence-electron chi connectivity index (χ4n) is 3.25. The van der Waals surface area contributed by atoms with Gasteiger partial charge in [0.15, 0.2) is 0 Å². The minimum Gasteiger partial charge on any atom is -0.494 e. The Morgan fingerprint density at radius 3 is 2.69 bits per heavy atom. The van der Waals surface area contributed by atoms with Crippen molar-refractivity contribution in [2.75, 3.05) is 11.9 Å². The molecule has 148 valence electrons. The summed E-state index contributed by atoms with van der Waals surface area (Å²) in [6.45, 7) is 2.78. The van der Waals surface area contributed by atoms with E-state index in [0.29, 0.717) is 17.2 Å². The number of hydrogen-bond donors (Lipinski definition) is 1. The first kappa shape index (κ1) is 20.6. The van der Waals surface area contributed by atoms with Gasteiger partial charge in [0.05, 0.1) is 12.2 Å². The maximum Gasteiger partial charge on any atom is 0.266 e. The van der Waals surface area contributed by atoms with E-state index >= 15 is 0 Å². The number of carbonyl (C=O) groups is 1. The molecule has 0 saturated carbocycles. The molecule has 29 heavy (non-hydrogen) atoms. The minimum atomic E-state index is -0.495. The van der Waals surface area contributed by atoms with Gasteiger partial charge in [-0.3, -0.25) is 4.79 Å². The first-order chi connectivity index (χ1) is 14.2. The third-order valence-electron chi connectivity index (χ3n) is 4.83. The van der Waals surface area contributed by atoms with Gasteiger partial charge in [0, 0.05) is 4.88 Å². The van der Waals surface area contributed by atoms with Crippen LogP contribution in [-0.2, 0) is 17.6 Å². The smallest absolute Gasteiger partial charge is 0.266 e. The van der Waals surface area contributed by atoms with Crippen LogP contribution in [0.4, 0.5) is 5.00 Å². The highest BCUT2D eigenvalue weighted by Crippen LogP contribution is 2.37. The summed E-state index contributed by atoms with van der Waals surface area (Å²) >= 11 is 1.45. The molecule has 0 unspecified atom stereocenters. The van der Waals surface area contributed by atoms with Crippen molar-refractivity contribution in [1.82, 2.24) is 0 Å². The van der Waals surface area contributed by atoms with Crippen molar-refractivity contribution in [1.29, 1.82) is 10.5 Å². The molecule has 0 radical (unpaired) electrons. The summed E-state index contributed by atoms with van der Waals surface area (Å²) in [4.78, 5) is 13.8. The highest BCUT2D eigenvalue weighted by atomic mass is 32.1. The summed E-state index contributed by atoms with van der Waals surface area (Å²) < 4.78 is 5.63. The van der Waals surface area contributed by atoms with Gasteiger partial charge in [-0.25, -0.2) is 0 Å². The second-order valence-electron chi connectivity index (χ2n) is 6.92. The molecule has 0 bridgehead atoms. The molecule has 1 aliphatic rings. The molecule has 1 aromatic carbocycles. The normalized spacial score (nSPS) is 13.1. The SMILES string of the molecule is CCCCOc1ccc(/C=C(/C#N)C(=O)Nc2sc3c(c2C#N)CCCC3)cc1. The van der Waals surface area contributed by atoms with E-state index in [9.17, 15) is 15.3 Å². The topological polar surface area (TPSA) is 85.9 Å². The number of rotatable bonds is 7. The number of fused-ring (bicyclic) bond motifs is 1. The number of anilines is 1. The molecule has 1 N–H and O–H groups in total. The maximum absolute atomic E-state index is 12.6. The fraction of sp³-hybridized carbons (Fsp3) is 0.348. The molecule has 1 amide bonds. The van der Waals surface area contributed by atoms with Gasteiger partial charge in [-0.2, -0.15) is 10.5 Å². The Bertz CT molecular complexity index is 991. The molecular formula is C23H23N3O2S. The number of nitrogens with one attached hydrogen (secondary N) is 1. The lowest BCUT2D eigenvalue weighted by molar-refractivity contribution is -0.112. The molecule has 1 aromatic heterocycles. The Hall–Kier alpha value is -3.09. The first-order valence-electron chi connectivity index (χ1n) is 9.87. The number of unbranched alkanes of at least 4 members (excludes halogenated alkanes) is 1. The second-order valence-corrected chi connectivity index (χ2v) is 8.03. The highest BCUT2D eigenvalue weighted by Gasteiger charge is 2.22. The lowest BCUT2D eigenvalue weighted by Gasteiger charge is -2.09. The molecule has 0 aliphatic heterocycles. The van der Waals surface area contributed by atoms with Crippen LogP contribution < -0.4 is 10.1 Å². The molecule has 1 aliphatic carbocycles. The average Bonchev–Trinajstić information content (AvgIpc) is 3.10. The predicted molar refractivity (Wildman–Crippen MR) is 115 cm³/mol. The molecule has 0 spiro atoms. The minimum absolute atomic E-state index is 0.0000805. The van der Waals surface area contributed by atoms with Gasteiger partial charge < -0.3 is 10.1 Å². The third-order valence-corrected chi connectivity index (χ3v) is 6.04. The zero-order chi connectivity index (χ0) is 20.6. The number of benzene rings is 1. The van der Waals surface area contributed by atoms with Gasteiger partial charge in [-0.1, -0.05) is 25.5 Å². The quantitative estimate of drug-likeness (QED) is 0.388. The number of hydrogen-bond acceptors (Lipinski definition) is 5. The summed E-state index contributed by atoms with van der Waals surface area (Å²) in [5.74, 6) is 0.271. The van der Waals surface area contributed by atoms with Crippen LogP contribution in [0.5, 0.6) is 5.75 Å². The summed E-state index contributed by atoms with van der Waals surface area (Å²) in [6, 6.07) is 11.5. The molecule has 0 saturated heterocycles. The molecule has 5 nitrogen and oxygen atoms in total. The van der Waals surface area contributed by atoms with Crippen molar-refractivity contribution in [3.05, 3.63) is 51.4 Å². The van der Waals surface area contributed by atoms with Crippen molar-refractivity contribution < 1.29 is 9.53 Å². The summed E-state index contributed by atoms with van der Waals surface area (Å²) in [6.07, 6.45) is 7.60. The van der Waals surface area contributed by atoms with Crippen LogP contribution in [0.2, 0.25) is 0 Å². The molecule has 1 heterocycles. The molecular weight excluding hydrogens is 382 g/mol. The van der Waals surface area contributed by atoms with Crippen LogP contribution >= 0.6 is 11.3 Å². The van der Waals surface area contributed by atoms with Crippen LogP contribution in [0, 0.1) is 22.7 Å². The van der Waals surface area contributed by atoms with Crippen molar-refractivity contribution in [2.24, 2.45) is 0 Å². The van der Waals surface area contributed by atoms with E-state index in [2.05, 4.69) is 18.3 Å². The molecule has 0 atom stereocenters. The predicted octanol–water partition coefficient (Wildman–Crippen LogP) is 5.22. The van der Waals surface area contributed by atoms with Gasteiger partial charge in [0.25, 0.3) is 5.91 Å². The van der Waals surface area contributed by atoms with Crippen LogP contribution in [-0.4, -0.2) is 12.5 Å². The Morgan fingerprint density at radius 2 is 2.00 bits per heavy atom. The zero-order valence-corrected chi connectivity index (χ0v) is 17.3. The van der Waals surface area contributed by atoms with E-state index in [-0.39, 0.29) is 5.57 Å². The number of ether oxygens (including phenoxy) is 1. The lowest BCUT2D eigenvalue weighted by Crippen LogP contribution is -2.13. The number of thiophene rings is 1. The van der Waals surface area contributed by atoms with E-state index in [1.54, 1.807) is 6.08 Å². The van der Waals surface area contributed by atoms with Crippen molar-refractivity contribution in [3.63, 3.8) is 0 Å². The second kappa shape index (κ2) is 9.91. The highest BCUT2D eigenvalue weighted by molar-refractivity contribution is 7.16. The Labute approximate surface area is 175 Å². The van der Waals surface area contributed by atoms with Crippen molar-refractivity contribution in [2.45, 2.75) is 45.4 Å². The Kier molecular flexibility index (Phi) is 7.05. The van der Waals surface area contributed by atoms with E-state index in [0.717, 1.165) is 55.4 Å². The van der Waals surface area contributed by atoms with Gasteiger partial charge in [0.2, 0.25) is 0 Å². The van der Waals surface area contributed by atoms with Crippen LogP contribution in [0.1, 0.15) is 54.2 Å². The van der Waals surface area contributed by atoms with E-state index < -0.39 is 5.91 Å². The summed E-state index contributed by atoms with van der Waals surface area (Å²) in [5, 5.41) is 22.3. The van der Waals surface area contributed by atoms with E-state index in [1.807, 2.05) is 30.3 Å². The number of nitrogens with zero attached hydrogens (tertiary/aromatic N) is 2. The number of carbonyl (C=O) groups excluding carboxylic acids is 1. The summed E-state index contributed by atoms with van der Waals surface area (Å²) in [5.41, 5.74) is 2.34. The number of aryl methyl sites for hydroxylation is 1. The summed E-state index contributed by atoms with van der Waals surface area (Å²) in [7, 11) is 0. The molecule has 6 heteroatoms. The van der Waals surface area contributed by atoms with Gasteiger partial charge in [-0.15, -0.1) is 11.3 Å². The number of amides is 1. The average molecular weight is 406 g/mol. The fourth-order valence-corrected chi connectivity index (χ4v) is 4.49. The standard InChI is InChI=1S/C23H23N3O2S/c1-2-3-12-28-18-10-8-16(9-11-18)13-17(14-24)22(27)26-23-20(15-25)19-6-4-5-7-21(19)29-23/h8-11,13H,2-7,12H2,1H3,(H,26,27)/b17-13-. The van der Waals surface area contributed by atoms with Crippen LogP contribution in [0.3, 0.4) is 0 Å². The van der Waals surface area contributed by atoms with Crippen molar-refractivity contribution in [3.8, 4) is 17.9 Å². The Balaban J connectivity index is 1.73. The number of nitriles is 2. The van der Waals surface area contributed by atoms with Crippen LogP contribution in [0.25, 0.3) is 6.08 Å². The molecule has 0 fully saturated rings. The third kappa shape index (κ3) is 5.04. The monoisotopic (exact) mass is 405 g/mol. The van der Waals surface area contributed by atoms with Gasteiger partial charge >= 0.3 is 0 Å². The van der Waals surface area contributed by atoms with Crippen molar-refractivity contribution >= 4 is 28.3 Å². The maximum atomic E-state index is 12.6. The molecule has 3 rings (SSSR count). The van der Waals surface area contributed by atoms with E-state index in [1.165, 1.54) is 16.2 Å².